The van der Waals surface area contributed by atoms with Gasteiger partial charge in [0.15, 0.2) is 0 Å². The van der Waals surface area contributed by atoms with Crippen LogP contribution in [-0.4, -0.2) is 66.1 Å². The summed E-state index contributed by atoms with van der Waals surface area (Å²) >= 11 is 9.64. The third-order valence-electron chi connectivity index (χ3n) is 6.11. The predicted octanol–water partition coefficient (Wildman–Crippen LogP) is 4.79. The molecule has 1 fully saturated rings. The topological polar surface area (TPSA) is 44.3 Å². The Kier molecular flexibility index (Phi) is 6.67. The van der Waals surface area contributed by atoms with Crippen molar-refractivity contribution in [3.63, 3.8) is 0 Å². The van der Waals surface area contributed by atoms with Gasteiger partial charge in [0, 0.05) is 54.1 Å². The van der Waals surface area contributed by atoms with Crippen LogP contribution in [0.1, 0.15) is 22.7 Å². The number of thiophene rings is 1. The van der Waals surface area contributed by atoms with Gasteiger partial charge in [0.2, 0.25) is 0 Å². The largest absolute Gasteiger partial charge is 0.368 e. The van der Waals surface area contributed by atoms with Crippen molar-refractivity contribution in [2.45, 2.75) is 29.9 Å². The summed E-state index contributed by atoms with van der Waals surface area (Å²) in [6.45, 7) is 6.58. The fraction of sp³-hybridized carbons (Fsp3) is 0.478. The molecule has 1 aromatic carbocycles. The van der Waals surface area contributed by atoms with Gasteiger partial charge >= 0.3 is 0 Å². The highest BCUT2D eigenvalue weighted by Crippen LogP contribution is 2.40. The van der Waals surface area contributed by atoms with Crippen LogP contribution in [0.15, 0.2) is 29.2 Å². The lowest BCUT2D eigenvalue weighted by molar-refractivity contribution is 0.158. The Bertz CT molecular complexity index is 1040. The van der Waals surface area contributed by atoms with E-state index < -0.39 is 0 Å². The number of hydrogen-bond acceptors (Lipinski definition) is 7. The number of nitrogens with one attached hydrogen (secondary N) is 1. The van der Waals surface area contributed by atoms with Crippen LogP contribution in [0, 0.1) is 0 Å². The summed E-state index contributed by atoms with van der Waals surface area (Å²) in [5, 5.41) is 5.72. The second kappa shape index (κ2) is 9.63. The highest BCUT2D eigenvalue weighted by Gasteiger charge is 2.22. The summed E-state index contributed by atoms with van der Waals surface area (Å²) < 4.78 is 0. The average molecular weight is 474 g/mol. The number of benzene rings is 1. The normalized spacial score (nSPS) is 17.4. The summed E-state index contributed by atoms with van der Waals surface area (Å²) in [6, 6.07) is 7.98. The van der Waals surface area contributed by atoms with Crippen molar-refractivity contribution in [1.29, 1.82) is 0 Å². The monoisotopic (exact) mass is 473 g/mol. The van der Waals surface area contributed by atoms with Crippen molar-refractivity contribution in [3.8, 4) is 0 Å². The zero-order valence-corrected chi connectivity index (χ0v) is 20.3. The molecule has 3 heterocycles. The molecule has 1 N–H and O–H groups in total. The summed E-state index contributed by atoms with van der Waals surface area (Å²) in [7, 11) is 2.20. The molecule has 0 spiro atoms. The van der Waals surface area contributed by atoms with E-state index in [2.05, 4.69) is 34.3 Å². The number of halogens is 1. The average Bonchev–Trinajstić information content (AvgIpc) is 3.36. The van der Waals surface area contributed by atoms with Crippen molar-refractivity contribution in [2.75, 3.05) is 51.6 Å². The van der Waals surface area contributed by atoms with Gasteiger partial charge in [-0.05, 0) is 56.1 Å². The minimum Gasteiger partial charge on any atom is -0.368 e. The molecule has 1 aliphatic carbocycles. The number of thioether (sulfide) groups is 1. The Hall–Kier alpha value is -1.38. The molecule has 0 bridgehead atoms. The zero-order valence-electron chi connectivity index (χ0n) is 17.9. The molecule has 0 atom stereocenters. The van der Waals surface area contributed by atoms with Crippen LogP contribution in [0.25, 0.3) is 10.2 Å². The maximum absolute atomic E-state index is 6.02. The molecule has 0 saturated carbocycles. The van der Waals surface area contributed by atoms with Crippen LogP contribution in [-0.2, 0) is 18.6 Å². The number of anilines is 1. The molecular formula is C23H28ClN5S2. The molecule has 5 nitrogen and oxygen atoms in total. The van der Waals surface area contributed by atoms with Gasteiger partial charge in [-0.15, -0.1) is 23.1 Å². The van der Waals surface area contributed by atoms with Crippen LogP contribution < -0.4 is 5.32 Å². The number of likely N-dealkylation sites (N-methyl/N-ethyl adjacent to an activating group) is 1. The van der Waals surface area contributed by atoms with Crippen LogP contribution in [0.3, 0.4) is 0 Å². The molecule has 0 unspecified atom stereocenters. The molecule has 3 aromatic rings. The van der Waals surface area contributed by atoms with Crippen molar-refractivity contribution in [1.82, 2.24) is 19.8 Å². The van der Waals surface area contributed by atoms with Crippen molar-refractivity contribution in [2.24, 2.45) is 0 Å². The Morgan fingerprint density at radius 3 is 2.71 bits per heavy atom. The molecule has 31 heavy (non-hydrogen) atoms. The van der Waals surface area contributed by atoms with E-state index in [-0.39, 0.29) is 0 Å². The third kappa shape index (κ3) is 5.01. The fourth-order valence-electron chi connectivity index (χ4n) is 4.32. The van der Waals surface area contributed by atoms with Gasteiger partial charge in [0.05, 0.1) is 11.1 Å². The van der Waals surface area contributed by atoms with Crippen molar-refractivity contribution >= 4 is 50.7 Å². The lowest BCUT2D eigenvalue weighted by atomic mass is 10.2. The van der Waals surface area contributed by atoms with Gasteiger partial charge in [-0.25, -0.2) is 9.97 Å². The standard InChI is InChI=1S/C23H28ClN5S2/c1-28-11-13-29(14-12-28)10-9-25-22-21-18-3-2-4-19(18)31-23(21)27-20(26-22)15-30-17-7-5-16(24)6-8-17/h5-8H,2-4,9-15H2,1H3,(H,25,26,27). The van der Waals surface area contributed by atoms with Gasteiger partial charge in [-0.2, -0.15) is 0 Å². The lowest BCUT2D eigenvalue weighted by Gasteiger charge is -2.32. The second-order valence-electron chi connectivity index (χ2n) is 8.34. The number of piperazine rings is 1. The minimum atomic E-state index is 0.757. The molecule has 8 heteroatoms. The first-order chi connectivity index (χ1) is 15.2. The molecule has 164 valence electrons. The zero-order chi connectivity index (χ0) is 21.2. The summed E-state index contributed by atoms with van der Waals surface area (Å²) in [5.41, 5.74) is 1.49. The molecular weight excluding hydrogens is 446 g/mol. The van der Waals surface area contributed by atoms with Crippen LogP contribution in [0.5, 0.6) is 0 Å². The van der Waals surface area contributed by atoms with Gasteiger partial charge in [0.25, 0.3) is 0 Å². The van der Waals surface area contributed by atoms with E-state index in [0.717, 1.165) is 72.9 Å². The maximum atomic E-state index is 6.02. The lowest BCUT2D eigenvalue weighted by Crippen LogP contribution is -2.45. The van der Waals surface area contributed by atoms with E-state index >= 15 is 0 Å². The molecule has 1 aliphatic heterocycles. The smallest absolute Gasteiger partial charge is 0.142 e. The molecule has 2 aromatic heterocycles. The van der Waals surface area contributed by atoms with Crippen LogP contribution in [0.2, 0.25) is 5.02 Å². The number of fused-ring (bicyclic) bond motifs is 3. The number of nitrogens with zero attached hydrogens (tertiary/aromatic N) is 4. The Labute approximate surface area is 197 Å². The van der Waals surface area contributed by atoms with Crippen LogP contribution >= 0.6 is 34.7 Å². The van der Waals surface area contributed by atoms with Gasteiger partial charge < -0.3 is 10.2 Å². The van der Waals surface area contributed by atoms with E-state index in [1.54, 1.807) is 11.8 Å². The number of aromatic nitrogens is 2. The van der Waals surface area contributed by atoms with Gasteiger partial charge in [0.1, 0.15) is 16.5 Å². The Morgan fingerprint density at radius 2 is 1.90 bits per heavy atom. The quantitative estimate of drug-likeness (QED) is 0.498. The molecule has 1 saturated heterocycles. The van der Waals surface area contributed by atoms with Gasteiger partial charge in [-0.1, -0.05) is 11.6 Å². The number of aryl methyl sites for hydroxylation is 2. The molecule has 2 aliphatic rings. The first-order valence-electron chi connectivity index (χ1n) is 11.0. The first-order valence-corrected chi connectivity index (χ1v) is 13.2. The maximum Gasteiger partial charge on any atom is 0.142 e. The first kappa shape index (κ1) is 21.5. The fourth-order valence-corrected chi connectivity index (χ4v) is 6.47. The van der Waals surface area contributed by atoms with E-state index in [0.29, 0.717) is 0 Å². The van der Waals surface area contributed by atoms with E-state index in [1.165, 1.54) is 33.6 Å². The Balaban J connectivity index is 1.32. The van der Waals surface area contributed by atoms with Crippen LogP contribution in [0.4, 0.5) is 5.82 Å². The highest BCUT2D eigenvalue weighted by molar-refractivity contribution is 7.98. The minimum absolute atomic E-state index is 0.757. The second-order valence-corrected chi connectivity index (χ2v) is 10.9. The highest BCUT2D eigenvalue weighted by atomic mass is 35.5. The molecule has 0 radical (unpaired) electrons. The Morgan fingerprint density at radius 1 is 1.10 bits per heavy atom. The predicted molar refractivity (Wildman–Crippen MR) is 133 cm³/mol. The van der Waals surface area contributed by atoms with E-state index in [4.69, 9.17) is 21.6 Å². The summed E-state index contributed by atoms with van der Waals surface area (Å²) in [4.78, 5) is 18.7. The van der Waals surface area contributed by atoms with Crippen molar-refractivity contribution in [3.05, 3.63) is 45.6 Å². The van der Waals surface area contributed by atoms with Gasteiger partial charge in [-0.3, -0.25) is 4.90 Å². The van der Waals surface area contributed by atoms with E-state index in [9.17, 15) is 0 Å². The summed E-state index contributed by atoms with van der Waals surface area (Å²) in [6.07, 6.45) is 3.60. The number of rotatable bonds is 7. The number of hydrogen-bond donors (Lipinski definition) is 1. The molecule has 0 amide bonds. The third-order valence-corrected chi connectivity index (χ3v) is 8.55. The van der Waals surface area contributed by atoms with E-state index in [1.807, 2.05) is 23.5 Å². The SMILES string of the molecule is CN1CCN(CCNc2nc(CSc3ccc(Cl)cc3)nc3sc4c(c23)CCC4)CC1. The summed E-state index contributed by atoms with van der Waals surface area (Å²) in [5.74, 6) is 2.69. The van der Waals surface area contributed by atoms with Crippen molar-refractivity contribution < 1.29 is 0 Å². The molecule has 5 rings (SSSR count).